The quantitative estimate of drug-likeness (QED) is 0.422. The molecule has 0 N–H and O–H groups in total. The van der Waals surface area contributed by atoms with E-state index in [0.29, 0.717) is 22.0 Å². The van der Waals surface area contributed by atoms with Gasteiger partial charge in [0.2, 0.25) is 5.91 Å². The van der Waals surface area contributed by atoms with Crippen LogP contribution in [0.4, 0.5) is 17.1 Å². The minimum Gasteiger partial charge on any atom is -0.293 e. The van der Waals surface area contributed by atoms with Gasteiger partial charge in [-0.05, 0) is 36.8 Å². The maximum atomic E-state index is 13.3. The van der Waals surface area contributed by atoms with Crippen molar-refractivity contribution in [3.05, 3.63) is 63.2 Å². The van der Waals surface area contributed by atoms with Gasteiger partial charge in [0.15, 0.2) is 5.78 Å². The molecule has 0 radical (unpaired) electrons. The molecule has 0 aliphatic carbocycles. The fourth-order valence-corrected chi connectivity index (χ4v) is 3.89. The van der Waals surface area contributed by atoms with Crippen LogP contribution in [0.5, 0.6) is 0 Å². The summed E-state index contributed by atoms with van der Waals surface area (Å²) in [5, 5.41) is 16.8. The minimum atomic E-state index is -1.07. The van der Waals surface area contributed by atoms with Crippen molar-refractivity contribution < 1.29 is 19.3 Å². The van der Waals surface area contributed by atoms with Crippen molar-refractivity contribution in [1.82, 2.24) is 0 Å². The molecule has 2 aromatic rings. The van der Waals surface area contributed by atoms with E-state index in [1.54, 1.807) is 25.1 Å². The second-order valence-electron chi connectivity index (χ2n) is 6.98. The molecule has 2 amide bonds. The van der Waals surface area contributed by atoms with Gasteiger partial charge in [0.05, 0.1) is 16.3 Å². The fourth-order valence-electron chi connectivity index (χ4n) is 3.72. The number of carbonyl (C=O) groups excluding carboxylic acids is 3. The zero-order valence-corrected chi connectivity index (χ0v) is 16.7. The molecule has 10 heteroatoms. The third-order valence-electron chi connectivity index (χ3n) is 5.21. The number of ketones is 1. The highest BCUT2D eigenvalue weighted by atomic mass is 35.5. The van der Waals surface area contributed by atoms with Crippen molar-refractivity contribution in [2.45, 2.75) is 19.9 Å². The summed E-state index contributed by atoms with van der Waals surface area (Å²) >= 11 is 6.16. The van der Waals surface area contributed by atoms with Gasteiger partial charge in [-0.1, -0.05) is 17.7 Å². The summed E-state index contributed by atoms with van der Waals surface area (Å²) in [7, 11) is 0. The molecule has 0 unspecified atom stereocenters. The number of anilines is 2. The number of rotatable bonds is 4. The number of benzene rings is 2. The summed E-state index contributed by atoms with van der Waals surface area (Å²) in [6.45, 7) is 2.97. The number of carbonyl (C=O) groups is 3. The summed E-state index contributed by atoms with van der Waals surface area (Å²) in [5.74, 6) is -2.61. The van der Waals surface area contributed by atoms with E-state index in [4.69, 9.17) is 11.6 Å². The van der Waals surface area contributed by atoms with E-state index >= 15 is 0 Å². The average molecular weight is 427 g/mol. The topological polar surface area (TPSA) is 113 Å². The monoisotopic (exact) mass is 426 g/mol. The number of Topliss-reactive ketones (excluding diaryl/α,β-unsaturated/α-hetero) is 1. The zero-order chi connectivity index (χ0) is 21.7. The van der Waals surface area contributed by atoms with Crippen LogP contribution in [0.2, 0.25) is 5.02 Å². The molecule has 0 aromatic heterocycles. The van der Waals surface area contributed by atoms with Crippen LogP contribution in [-0.4, -0.2) is 34.3 Å². The summed E-state index contributed by atoms with van der Waals surface area (Å²) in [6.07, 6.45) is 0. The second-order valence-corrected chi connectivity index (χ2v) is 7.39. The lowest BCUT2D eigenvalue weighted by molar-refractivity contribution is -0.384. The van der Waals surface area contributed by atoms with Crippen LogP contribution in [0.15, 0.2) is 47.6 Å². The number of hydrogen-bond donors (Lipinski definition) is 0. The Morgan fingerprint density at radius 1 is 1.13 bits per heavy atom. The molecule has 30 heavy (non-hydrogen) atoms. The normalized spacial score (nSPS) is 20.4. The lowest BCUT2D eigenvalue weighted by atomic mass is 9.95. The smallest absolute Gasteiger partial charge is 0.269 e. The lowest BCUT2D eigenvalue weighted by Gasteiger charge is -2.23. The van der Waals surface area contributed by atoms with Crippen molar-refractivity contribution >= 4 is 52.0 Å². The zero-order valence-electron chi connectivity index (χ0n) is 15.9. The molecule has 0 spiro atoms. The van der Waals surface area contributed by atoms with Crippen molar-refractivity contribution in [2.24, 2.45) is 11.0 Å². The summed E-state index contributed by atoms with van der Waals surface area (Å²) in [6, 6.07) is 9.22. The van der Waals surface area contributed by atoms with Gasteiger partial charge in [0.1, 0.15) is 17.7 Å². The van der Waals surface area contributed by atoms with Crippen LogP contribution < -0.4 is 9.91 Å². The third kappa shape index (κ3) is 2.86. The van der Waals surface area contributed by atoms with Gasteiger partial charge in [-0.3, -0.25) is 29.5 Å². The minimum absolute atomic E-state index is 0.0288. The molecule has 1 saturated heterocycles. The van der Waals surface area contributed by atoms with Gasteiger partial charge in [0, 0.05) is 24.1 Å². The molecule has 2 aliphatic rings. The van der Waals surface area contributed by atoms with Crippen LogP contribution in [0.25, 0.3) is 0 Å². The van der Waals surface area contributed by atoms with E-state index in [2.05, 4.69) is 5.10 Å². The number of nitrogens with zero attached hydrogens (tertiary/aromatic N) is 4. The van der Waals surface area contributed by atoms with E-state index in [1.807, 2.05) is 0 Å². The van der Waals surface area contributed by atoms with Crippen molar-refractivity contribution in [2.75, 3.05) is 9.91 Å². The largest absolute Gasteiger partial charge is 0.293 e. The van der Waals surface area contributed by atoms with Crippen molar-refractivity contribution in [3.8, 4) is 0 Å². The Kier molecular flexibility index (Phi) is 4.62. The molecule has 0 saturated carbocycles. The SMILES string of the molecule is CC(=O)C1=NN(c2ccc([N+](=O)[O-])cc2)[C@H]2C(=O)N(c3cccc(Cl)c3C)C(=O)[C@H]12. The van der Waals surface area contributed by atoms with E-state index < -0.39 is 34.5 Å². The second kappa shape index (κ2) is 7.03. The van der Waals surface area contributed by atoms with Crippen molar-refractivity contribution in [3.63, 3.8) is 0 Å². The molecular formula is C20H15ClN4O5. The number of nitro benzene ring substituents is 1. The molecular weight excluding hydrogens is 412 g/mol. The van der Waals surface area contributed by atoms with E-state index in [-0.39, 0.29) is 11.4 Å². The number of imide groups is 1. The maximum absolute atomic E-state index is 13.3. The number of hydrazone groups is 1. The molecule has 4 rings (SSSR count). The first-order valence-electron chi connectivity index (χ1n) is 8.98. The molecule has 152 valence electrons. The van der Waals surface area contributed by atoms with Gasteiger partial charge in [-0.2, -0.15) is 5.10 Å². The van der Waals surface area contributed by atoms with Gasteiger partial charge in [-0.25, -0.2) is 4.90 Å². The van der Waals surface area contributed by atoms with Gasteiger partial charge in [0.25, 0.3) is 11.6 Å². The summed E-state index contributed by atoms with van der Waals surface area (Å²) in [5.41, 5.74) is 1.11. The number of non-ortho nitro benzene ring substituents is 1. The first-order valence-corrected chi connectivity index (χ1v) is 9.36. The molecule has 2 aromatic carbocycles. The Labute approximate surface area is 175 Å². The van der Waals surface area contributed by atoms with Crippen LogP contribution in [0.1, 0.15) is 12.5 Å². The molecule has 2 heterocycles. The van der Waals surface area contributed by atoms with Gasteiger partial charge < -0.3 is 0 Å². The third-order valence-corrected chi connectivity index (χ3v) is 5.62. The Hall–Kier alpha value is -3.59. The number of nitro groups is 1. The van der Waals surface area contributed by atoms with Crippen LogP contribution in [0, 0.1) is 23.0 Å². The first kappa shape index (κ1) is 19.7. The maximum Gasteiger partial charge on any atom is 0.269 e. The van der Waals surface area contributed by atoms with E-state index in [0.717, 1.165) is 4.90 Å². The molecule has 1 fully saturated rings. The Morgan fingerprint density at radius 2 is 1.80 bits per heavy atom. The van der Waals surface area contributed by atoms with Gasteiger partial charge in [-0.15, -0.1) is 0 Å². The highest BCUT2D eigenvalue weighted by Crippen LogP contribution is 2.40. The summed E-state index contributed by atoms with van der Waals surface area (Å²) < 4.78 is 0. The predicted octanol–water partition coefficient (Wildman–Crippen LogP) is 2.88. The fraction of sp³-hybridized carbons (Fsp3) is 0.200. The molecule has 9 nitrogen and oxygen atoms in total. The summed E-state index contributed by atoms with van der Waals surface area (Å²) in [4.78, 5) is 50.1. The molecule has 2 aliphatic heterocycles. The Bertz CT molecular complexity index is 1140. The van der Waals surface area contributed by atoms with E-state index in [9.17, 15) is 24.5 Å². The first-order chi connectivity index (χ1) is 14.2. The Balaban J connectivity index is 1.80. The average Bonchev–Trinajstić information content (AvgIpc) is 3.22. The number of hydrogen-bond acceptors (Lipinski definition) is 7. The Morgan fingerprint density at radius 3 is 2.40 bits per heavy atom. The number of halogens is 1. The van der Waals surface area contributed by atoms with Crippen molar-refractivity contribution in [1.29, 1.82) is 0 Å². The predicted molar refractivity (Wildman–Crippen MR) is 110 cm³/mol. The lowest BCUT2D eigenvalue weighted by Crippen LogP contribution is -2.39. The highest BCUT2D eigenvalue weighted by molar-refractivity contribution is 6.49. The van der Waals surface area contributed by atoms with Crippen LogP contribution in [-0.2, 0) is 14.4 Å². The molecule has 2 atom stereocenters. The van der Waals surface area contributed by atoms with Gasteiger partial charge >= 0.3 is 0 Å². The van der Waals surface area contributed by atoms with E-state index in [1.165, 1.54) is 36.2 Å². The molecule has 0 bridgehead atoms. The highest BCUT2D eigenvalue weighted by Gasteiger charge is 2.58. The van der Waals surface area contributed by atoms with Crippen LogP contribution in [0.3, 0.4) is 0 Å². The number of amides is 2. The van der Waals surface area contributed by atoms with Crippen LogP contribution >= 0.6 is 11.6 Å². The standard InChI is InChI=1S/C20H15ClN4O5/c1-10-14(21)4-3-5-15(10)23-19(27)16-17(11(2)26)22-24(18(16)20(23)28)12-6-8-13(9-7-12)25(29)30/h3-9,16,18H,1-2H3/t16-,18-/m1/s1. The number of fused-ring (bicyclic) bond motifs is 1.